The highest BCUT2D eigenvalue weighted by atomic mass is 35.5. The summed E-state index contributed by atoms with van der Waals surface area (Å²) in [6.07, 6.45) is 1.45. The van der Waals surface area contributed by atoms with Gasteiger partial charge in [-0.15, -0.1) is 0 Å². The Balaban J connectivity index is 1.48. The maximum atomic E-state index is 12.2. The Kier molecular flexibility index (Phi) is 7.65. The van der Waals surface area contributed by atoms with Crippen molar-refractivity contribution in [1.82, 2.24) is 5.43 Å². The average molecular weight is 457 g/mol. The largest absolute Gasteiger partial charge is 0.482 e. The fourth-order valence-electron chi connectivity index (χ4n) is 2.51. The van der Waals surface area contributed by atoms with E-state index in [0.717, 1.165) is 5.56 Å². The number of carbonyl (C=O) groups is 2. The van der Waals surface area contributed by atoms with Crippen molar-refractivity contribution >= 4 is 41.3 Å². The minimum atomic E-state index is -0.462. The second-order valence-corrected chi connectivity index (χ2v) is 7.25. The van der Waals surface area contributed by atoms with Crippen LogP contribution in [0, 0.1) is 6.92 Å². The van der Waals surface area contributed by atoms with Crippen LogP contribution in [0.1, 0.15) is 21.5 Å². The summed E-state index contributed by atoms with van der Waals surface area (Å²) in [5, 5.41) is 4.45. The molecule has 1 N–H and O–H groups in total. The van der Waals surface area contributed by atoms with Gasteiger partial charge in [-0.2, -0.15) is 5.10 Å². The van der Waals surface area contributed by atoms with Crippen LogP contribution in [0.15, 0.2) is 71.8 Å². The number of hydrazone groups is 1. The van der Waals surface area contributed by atoms with Gasteiger partial charge in [0.05, 0.1) is 16.8 Å². The van der Waals surface area contributed by atoms with Gasteiger partial charge in [0, 0.05) is 0 Å². The third-order valence-electron chi connectivity index (χ3n) is 4.02. The number of ether oxygens (including phenoxy) is 2. The van der Waals surface area contributed by atoms with E-state index in [-0.39, 0.29) is 11.6 Å². The van der Waals surface area contributed by atoms with Crippen molar-refractivity contribution in [2.75, 3.05) is 6.61 Å². The molecule has 0 fully saturated rings. The molecule has 0 bridgehead atoms. The normalized spacial score (nSPS) is 10.7. The number of hydrogen-bond donors (Lipinski definition) is 1. The van der Waals surface area contributed by atoms with Gasteiger partial charge in [0.25, 0.3) is 5.91 Å². The van der Waals surface area contributed by atoms with Crippen LogP contribution in [0.3, 0.4) is 0 Å². The molecule has 3 rings (SSSR count). The molecule has 1 amide bonds. The smallest absolute Gasteiger partial charge is 0.343 e. The van der Waals surface area contributed by atoms with Gasteiger partial charge >= 0.3 is 5.97 Å². The van der Waals surface area contributed by atoms with Crippen LogP contribution in [0.25, 0.3) is 0 Å². The number of carbonyl (C=O) groups excluding carboxylic acids is 2. The van der Waals surface area contributed by atoms with E-state index >= 15 is 0 Å². The zero-order valence-electron chi connectivity index (χ0n) is 16.5. The molecule has 158 valence electrons. The molecular formula is C23H18Cl2N2O4. The molecule has 0 aliphatic rings. The summed E-state index contributed by atoms with van der Waals surface area (Å²) >= 11 is 11.9. The van der Waals surface area contributed by atoms with Crippen molar-refractivity contribution in [3.05, 3.63) is 93.5 Å². The van der Waals surface area contributed by atoms with Crippen LogP contribution in [0.2, 0.25) is 10.0 Å². The van der Waals surface area contributed by atoms with Crippen LogP contribution in [-0.4, -0.2) is 24.7 Å². The predicted molar refractivity (Wildman–Crippen MR) is 120 cm³/mol. The van der Waals surface area contributed by atoms with E-state index in [0.29, 0.717) is 27.6 Å². The van der Waals surface area contributed by atoms with Crippen molar-refractivity contribution in [2.45, 2.75) is 6.92 Å². The lowest BCUT2D eigenvalue weighted by Gasteiger charge is -2.07. The number of amides is 1. The molecule has 0 atom stereocenters. The number of benzene rings is 3. The van der Waals surface area contributed by atoms with E-state index in [4.69, 9.17) is 32.7 Å². The fraction of sp³-hybridized carbons (Fsp3) is 0.0870. The highest BCUT2D eigenvalue weighted by Gasteiger charge is 2.09. The van der Waals surface area contributed by atoms with Gasteiger partial charge in [0.2, 0.25) is 0 Å². The first-order chi connectivity index (χ1) is 14.9. The van der Waals surface area contributed by atoms with Gasteiger partial charge < -0.3 is 9.47 Å². The van der Waals surface area contributed by atoms with E-state index in [1.54, 1.807) is 60.7 Å². The minimum Gasteiger partial charge on any atom is -0.482 e. The van der Waals surface area contributed by atoms with Crippen LogP contribution in [-0.2, 0) is 4.79 Å². The Hall–Kier alpha value is -3.35. The molecular weight excluding hydrogens is 439 g/mol. The standard InChI is InChI=1S/C23H18Cl2N2O4/c1-15-4-2-5-17(12-15)23(29)31-18-10-8-16(9-11-18)13-26-27-21(28)14-30-20-7-3-6-19(24)22(20)25/h2-13H,14H2,1H3,(H,27,28)/b26-13+. The molecule has 0 saturated heterocycles. The second-order valence-electron chi connectivity index (χ2n) is 6.46. The fourth-order valence-corrected chi connectivity index (χ4v) is 2.86. The molecule has 0 spiro atoms. The highest BCUT2D eigenvalue weighted by molar-refractivity contribution is 6.42. The summed E-state index contributed by atoms with van der Waals surface area (Å²) < 4.78 is 10.7. The van der Waals surface area contributed by atoms with Gasteiger partial charge in [0.15, 0.2) is 6.61 Å². The lowest BCUT2D eigenvalue weighted by atomic mass is 10.1. The van der Waals surface area contributed by atoms with E-state index in [2.05, 4.69) is 10.5 Å². The third kappa shape index (κ3) is 6.57. The summed E-state index contributed by atoms with van der Waals surface area (Å²) in [6, 6.07) is 18.8. The highest BCUT2D eigenvalue weighted by Crippen LogP contribution is 2.31. The van der Waals surface area contributed by atoms with E-state index in [1.165, 1.54) is 6.21 Å². The maximum absolute atomic E-state index is 12.2. The molecule has 0 heterocycles. The zero-order chi connectivity index (χ0) is 22.2. The number of aryl methyl sites for hydroxylation is 1. The lowest BCUT2D eigenvalue weighted by molar-refractivity contribution is -0.123. The number of hydrogen-bond acceptors (Lipinski definition) is 5. The van der Waals surface area contributed by atoms with Crippen LogP contribution < -0.4 is 14.9 Å². The Morgan fingerprint density at radius 3 is 2.52 bits per heavy atom. The monoisotopic (exact) mass is 456 g/mol. The molecule has 8 heteroatoms. The maximum Gasteiger partial charge on any atom is 0.343 e. The summed E-state index contributed by atoms with van der Waals surface area (Å²) in [6.45, 7) is 1.63. The number of nitrogens with one attached hydrogen (secondary N) is 1. The van der Waals surface area contributed by atoms with Crippen LogP contribution >= 0.6 is 23.2 Å². The first-order valence-electron chi connectivity index (χ1n) is 9.20. The van der Waals surface area contributed by atoms with Gasteiger partial charge in [-0.25, -0.2) is 10.2 Å². The van der Waals surface area contributed by atoms with Gasteiger partial charge in [0.1, 0.15) is 16.5 Å². The lowest BCUT2D eigenvalue weighted by Crippen LogP contribution is -2.24. The number of rotatable bonds is 7. The Morgan fingerprint density at radius 2 is 1.77 bits per heavy atom. The summed E-state index contributed by atoms with van der Waals surface area (Å²) in [5.41, 5.74) is 4.51. The summed E-state index contributed by atoms with van der Waals surface area (Å²) in [7, 11) is 0. The molecule has 31 heavy (non-hydrogen) atoms. The predicted octanol–water partition coefficient (Wildman–Crippen LogP) is 5.05. The Bertz CT molecular complexity index is 1110. The summed E-state index contributed by atoms with van der Waals surface area (Å²) in [4.78, 5) is 24.0. The molecule has 6 nitrogen and oxygen atoms in total. The number of halogens is 2. The molecule has 3 aromatic rings. The van der Waals surface area contributed by atoms with Crippen molar-refractivity contribution in [2.24, 2.45) is 5.10 Å². The first kappa shape index (κ1) is 22.3. The van der Waals surface area contributed by atoms with E-state index < -0.39 is 11.9 Å². The van der Waals surface area contributed by atoms with Crippen LogP contribution in [0.5, 0.6) is 11.5 Å². The van der Waals surface area contributed by atoms with E-state index in [9.17, 15) is 9.59 Å². The zero-order valence-corrected chi connectivity index (χ0v) is 18.0. The Morgan fingerprint density at radius 1 is 1.03 bits per heavy atom. The molecule has 0 aromatic heterocycles. The Labute approximate surface area is 189 Å². The number of nitrogens with zero attached hydrogens (tertiary/aromatic N) is 1. The van der Waals surface area contributed by atoms with Crippen molar-refractivity contribution in [1.29, 1.82) is 0 Å². The quantitative estimate of drug-likeness (QED) is 0.233. The van der Waals surface area contributed by atoms with E-state index in [1.807, 2.05) is 13.0 Å². The molecule has 0 saturated carbocycles. The second kappa shape index (κ2) is 10.6. The van der Waals surface area contributed by atoms with Gasteiger partial charge in [-0.05, 0) is 61.0 Å². The first-order valence-corrected chi connectivity index (χ1v) is 9.95. The average Bonchev–Trinajstić information content (AvgIpc) is 2.76. The van der Waals surface area contributed by atoms with Crippen molar-refractivity contribution in [3.8, 4) is 11.5 Å². The molecule has 3 aromatic carbocycles. The van der Waals surface area contributed by atoms with Crippen LogP contribution in [0.4, 0.5) is 0 Å². The summed E-state index contributed by atoms with van der Waals surface area (Å²) in [5.74, 6) is -0.184. The molecule has 0 unspecified atom stereocenters. The molecule has 0 aliphatic heterocycles. The SMILES string of the molecule is Cc1cccc(C(=O)Oc2ccc(/C=N/NC(=O)COc3cccc(Cl)c3Cl)cc2)c1. The third-order valence-corrected chi connectivity index (χ3v) is 4.82. The molecule has 0 radical (unpaired) electrons. The minimum absolute atomic E-state index is 0.239. The van der Waals surface area contributed by atoms with Crippen molar-refractivity contribution < 1.29 is 19.1 Å². The topological polar surface area (TPSA) is 77.0 Å². The van der Waals surface area contributed by atoms with Gasteiger partial charge in [-0.3, -0.25) is 4.79 Å². The number of esters is 1. The van der Waals surface area contributed by atoms with Gasteiger partial charge in [-0.1, -0.05) is 47.0 Å². The van der Waals surface area contributed by atoms with Crippen molar-refractivity contribution in [3.63, 3.8) is 0 Å². The molecule has 0 aliphatic carbocycles.